The molecule has 0 saturated carbocycles. The fourth-order valence-electron chi connectivity index (χ4n) is 3.35. The minimum Gasteiger partial charge on any atom is -0.497 e. The summed E-state index contributed by atoms with van der Waals surface area (Å²) in [6.07, 6.45) is 0.971. The Kier molecular flexibility index (Phi) is 3.69. The quantitative estimate of drug-likeness (QED) is 0.723. The molecule has 0 spiro atoms. The molecule has 0 atom stereocenters. The average molecular weight is 317 g/mol. The lowest BCUT2D eigenvalue weighted by Crippen LogP contribution is -2.14. The van der Waals surface area contributed by atoms with E-state index in [-0.39, 0.29) is 0 Å². The topological polar surface area (TPSA) is 30.8 Å². The summed E-state index contributed by atoms with van der Waals surface area (Å²) in [4.78, 5) is 4.79. The van der Waals surface area contributed by atoms with E-state index < -0.39 is 0 Å². The molecule has 0 bridgehead atoms. The van der Waals surface area contributed by atoms with Gasteiger partial charge in [-0.3, -0.25) is 4.99 Å². The van der Waals surface area contributed by atoms with Gasteiger partial charge in [0.15, 0.2) is 0 Å². The predicted octanol–water partition coefficient (Wildman–Crippen LogP) is 4.25. The Labute approximate surface area is 141 Å². The van der Waals surface area contributed by atoms with E-state index in [4.69, 9.17) is 14.5 Å². The highest BCUT2D eigenvalue weighted by Gasteiger charge is 2.18. The normalized spacial score (nSPS) is 13.3. The second-order valence-electron chi connectivity index (χ2n) is 5.89. The van der Waals surface area contributed by atoms with Crippen molar-refractivity contribution in [3.8, 4) is 11.5 Å². The molecule has 1 aliphatic rings. The molecule has 1 aliphatic heterocycles. The van der Waals surface area contributed by atoms with Crippen molar-refractivity contribution in [2.24, 2.45) is 4.99 Å². The van der Waals surface area contributed by atoms with Crippen LogP contribution in [0.5, 0.6) is 11.5 Å². The Bertz CT molecular complexity index is 926. The average Bonchev–Trinajstić information content (AvgIpc) is 2.67. The molecule has 0 saturated heterocycles. The molecule has 24 heavy (non-hydrogen) atoms. The smallest absolute Gasteiger partial charge is 0.119 e. The Morgan fingerprint density at radius 2 is 1.58 bits per heavy atom. The predicted molar refractivity (Wildman–Crippen MR) is 97.7 cm³/mol. The number of hydrogen-bond donors (Lipinski definition) is 0. The van der Waals surface area contributed by atoms with Crippen LogP contribution in [0.4, 0.5) is 0 Å². The molecule has 4 rings (SSSR count). The van der Waals surface area contributed by atoms with Crippen LogP contribution < -0.4 is 9.47 Å². The van der Waals surface area contributed by atoms with Gasteiger partial charge in [0.2, 0.25) is 0 Å². The van der Waals surface area contributed by atoms with E-state index >= 15 is 0 Å². The molecule has 1 heterocycles. The minimum atomic E-state index is 0.819. The number of nitrogens with zero attached hydrogens (tertiary/aromatic N) is 1. The van der Waals surface area contributed by atoms with Crippen LogP contribution in [0.15, 0.2) is 59.6 Å². The number of ether oxygens (including phenoxy) is 2. The summed E-state index contributed by atoms with van der Waals surface area (Å²) in [5.41, 5.74) is 4.79. The monoisotopic (exact) mass is 317 g/mol. The molecule has 0 unspecified atom stereocenters. The van der Waals surface area contributed by atoms with Gasteiger partial charge in [-0.25, -0.2) is 0 Å². The summed E-state index contributed by atoms with van der Waals surface area (Å²) in [6.45, 7) is 0.819. The van der Waals surface area contributed by atoms with Crippen molar-refractivity contribution >= 4 is 16.5 Å². The van der Waals surface area contributed by atoms with Gasteiger partial charge in [0.25, 0.3) is 0 Å². The number of methoxy groups -OCH3 is 2. The fraction of sp³-hybridized carbons (Fsp3) is 0.190. The van der Waals surface area contributed by atoms with Gasteiger partial charge in [-0.1, -0.05) is 18.2 Å². The maximum absolute atomic E-state index is 5.34. The molecule has 3 nitrogen and oxygen atoms in total. The van der Waals surface area contributed by atoms with Gasteiger partial charge in [-0.15, -0.1) is 0 Å². The molecule has 0 radical (unpaired) electrons. The van der Waals surface area contributed by atoms with Gasteiger partial charge in [0, 0.05) is 17.7 Å². The number of fused-ring (bicyclic) bond motifs is 3. The minimum absolute atomic E-state index is 0.819. The summed E-state index contributed by atoms with van der Waals surface area (Å²) in [5, 5.41) is 2.50. The number of hydrogen-bond acceptors (Lipinski definition) is 3. The Morgan fingerprint density at radius 3 is 2.33 bits per heavy atom. The van der Waals surface area contributed by atoms with E-state index in [0.29, 0.717) is 0 Å². The van der Waals surface area contributed by atoms with Gasteiger partial charge in [0.1, 0.15) is 11.5 Å². The number of aliphatic imine (C=N–C) groups is 1. The number of benzene rings is 3. The second-order valence-corrected chi connectivity index (χ2v) is 5.89. The van der Waals surface area contributed by atoms with Crippen LogP contribution in [0.1, 0.15) is 16.7 Å². The molecule has 0 N–H and O–H groups in total. The van der Waals surface area contributed by atoms with Crippen molar-refractivity contribution in [1.29, 1.82) is 0 Å². The molecule has 3 aromatic carbocycles. The highest BCUT2D eigenvalue weighted by molar-refractivity contribution is 6.16. The number of rotatable bonds is 3. The second kappa shape index (κ2) is 6.00. The molecule has 0 fully saturated rings. The van der Waals surface area contributed by atoms with Crippen molar-refractivity contribution in [1.82, 2.24) is 0 Å². The van der Waals surface area contributed by atoms with Crippen molar-refractivity contribution in [3.05, 3.63) is 71.3 Å². The van der Waals surface area contributed by atoms with Crippen LogP contribution >= 0.6 is 0 Å². The first-order valence-corrected chi connectivity index (χ1v) is 8.09. The maximum Gasteiger partial charge on any atom is 0.119 e. The van der Waals surface area contributed by atoms with E-state index in [2.05, 4.69) is 36.4 Å². The Morgan fingerprint density at radius 1 is 0.833 bits per heavy atom. The van der Waals surface area contributed by atoms with Crippen LogP contribution in [-0.4, -0.2) is 26.5 Å². The maximum atomic E-state index is 5.34. The highest BCUT2D eigenvalue weighted by atomic mass is 16.5. The molecule has 120 valence electrons. The van der Waals surface area contributed by atoms with Gasteiger partial charge >= 0.3 is 0 Å². The first-order valence-electron chi connectivity index (χ1n) is 8.09. The lowest BCUT2D eigenvalue weighted by molar-refractivity contribution is 0.415. The third-order valence-electron chi connectivity index (χ3n) is 4.59. The zero-order valence-electron chi connectivity index (χ0n) is 13.9. The third kappa shape index (κ3) is 2.42. The summed E-state index contributed by atoms with van der Waals surface area (Å²) >= 11 is 0. The van der Waals surface area contributed by atoms with E-state index in [0.717, 1.165) is 35.7 Å². The van der Waals surface area contributed by atoms with Crippen LogP contribution in [-0.2, 0) is 6.42 Å². The molecular weight excluding hydrogens is 298 g/mol. The van der Waals surface area contributed by atoms with Crippen LogP contribution in [0.3, 0.4) is 0 Å². The summed E-state index contributed by atoms with van der Waals surface area (Å²) in [6, 6.07) is 18.7. The molecule has 0 amide bonds. The van der Waals surface area contributed by atoms with Crippen molar-refractivity contribution in [2.45, 2.75) is 6.42 Å². The summed E-state index contributed by atoms with van der Waals surface area (Å²) in [5.74, 6) is 1.75. The zero-order chi connectivity index (χ0) is 16.5. The van der Waals surface area contributed by atoms with E-state index in [9.17, 15) is 0 Å². The van der Waals surface area contributed by atoms with Crippen molar-refractivity contribution < 1.29 is 9.47 Å². The van der Waals surface area contributed by atoms with Gasteiger partial charge in [-0.05, 0) is 59.2 Å². The van der Waals surface area contributed by atoms with Crippen LogP contribution in [0.2, 0.25) is 0 Å². The zero-order valence-corrected chi connectivity index (χ0v) is 13.9. The molecule has 3 heteroatoms. The molecule has 0 aromatic heterocycles. The Hall–Kier alpha value is -2.81. The molecule has 3 aromatic rings. The van der Waals surface area contributed by atoms with E-state index in [1.165, 1.54) is 21.9 Å². The first kappa shape index (κ1) is 14.8. The third-order valence-corrected chi connectivity index (χ3v) is 4.59. The van der Waals surface area contributed by atoms with Crippen molar-refractivity contribution in [2.75, 3.05) is 20.8 Å². The van der Waals surface area contributed by atoms with Gasteiger partial charge < -0.3 is 9.47 Å². The standard InChI is InChI=1S/C21H19NO2/c1-23-16-6-3-14(4-7-16)21-20-9-5-15-13-17(24-2)8-10-18(15)19(20)11-12-22-21/h3-10,13H,11-12H2,1-2H3. The highest BCUT2D eigenvalue weighted by Crippen LogP contribution is 2.30. The lowest BCUT2D eigenvalue weighted by Gasteiger charge is -2.20. The molecule has 0 aliphatic carbocycles. The fourth-order valence-corrected chi connectivity index (χ4v) is 3.35. The summed E-state index contributed by atoms with van der Waals surface area (Å²) < 4.78 is 10.6. The SMILES string of the molecule is COc1ccc(C2=NCCc3c2ccc2cc(OC)ccc32)cc1. The largest absolute Gasteiger partial charge is 0.497 e. The van der Waals surface area contributed by atoms with Crippen LogP contribution in [0, 0.1) is 0 Å². The lowest BCUT2D eigenvalue weighted by atomic mass is 9.89. The first-order chi connectivity index (χ1) is 11.8. The van der Waals surface area contributed by atoms with Gasteiger partial charge in [-0.2, -0.15) is 0 Å². The van der Waals surface area contributed by atoms with E-state index in [1.54, 1.807) is 14.2 Å². The summed E-state index contributed by atoms with van der Waals surface area (Å²) in [7, 11) is 3.39. The van der Waals surface area contributed by atoms with E-state index in [1.807, 2.05) is 18.2 Å². The van der Waals surface area contributed by atoms with Crippen molar-refractivity contribution in [3.63, 3.8) is 0 Å². The molecular formula is C21H19NO2. The Balaban J connectivity index is 1.83. The van der Waals surface area contributed by atoms with Crippen LogP contribution in [0.25, 0.3) is 10.8 Å². The van der Waals surface area contributed by atoms with Gasteiger partial charge in [0.05, 0.1) is 19.9 Å².